The van der Waals surface area contributed by atoms with Gasteiger partial charge >= 0.3 is 0 Å². The molecule has 0 bridgehead atoms. The van der Waals surface area contributed by atoms with Crippen LogP contribution < -0.4 is 0 Å². The second kappa shape index (κ2) is 8.55. The summed E-state index contributed by atoms with van der Waals surface area (Å²) in [4.78, 5) is 12.0. The normalized spacial score (nSPS) is 19.5. The molecule has 1 aliphatic carbocycles. The quantitative estimate of drug-likeness (QED) is 0.473. The standard InChI is InChI=1S/C18H31FO2/c1-4-15(13-18(2,3)19)17(21)12-16(20)11-10-14-8-6-5-7-9-14/h12,14-15,21H,4-11,13H2,1-3H3/b17-12-. The number of hydrogen-bond acceptors (Lipinski definition) is 2. The highest BCUT2D eigenvalue weighted by molar-refractivity contribution is 5.90. The van der Waals surface area contributed by atoms with E-state index in [9.17, 15) is 14.3 Å². The molecule has 1 saturated carbocycles. The van der Waals surface area contributed by atoms with Gasteiger partial charge in [0.2, 0.25) is 0 Å². The number of aliphatic hydroxyl groups excluding tert-OH is 1. The van der Waals surface area contributed by atoms with Crippen molar-refractivity contribution < 1.29 is 14.3 Å². The van der Waals surface area contributed by atoms with E-state index in [4.69, 9.17) is 0 Å². The van der Waals surface area contributed by atoms with Crippen molar-refractivity contribution in [3.8, 4) is 0 Å². The van der Waals surface area contributed by atoms with Gasteiger partial charge in [-0.05, 0) is 39.0 Å². The fourth-order valence-electron chi connectivity index (χ4n) is 3.22. The van der Waals surface area contributed by atoms with Gasteiger partial charge in [-0.25, -0.2) is 4.39 Å². The summed E-state index contributed by atoms with van der Waals surface area (Å²) in [6.07, 6.45) is 10.0. The molecule has 0 spiro atoms. The SMILES string of the molecule is CCC(CC(C)(C)F)/C(O)=C/C(=O)CCC1CCCCC1. The maximum Gasteiger partial charge on any atom is 0.159 e. The van der Waals surface area contributed by atoms with Crippen LogP contribution in [0.1, 0.15) is 78.6 Å². The van der Waals surface area contributed by atoms with Gasteiger partial charge in [-0.15, -0.1) is 0 Å². The van der Waals surface area contributed by atoms with Crippen LogP contribution >= 0.6 is 0 Å². The molecule has 1 unspecified atom stereocenters. The molecular weight excluding hydrogens is 267 g/mol. The molecule has 0 saturated heterocycles. The van der Waals surface area contributed by atoms with Crippen molar-refractivity contribution in [3.63, 3.8) is 0 Å². The number of aliphatic hydroxyl groups is 1. The van der Waals surface area contributed by atoms with E-state index in [1.165, 1.54) is 52.0 Å². The first kappa shape index (κ1) is 18.2. The van der Waals surface area contributed by atoms with Crippen molar-refractivity contribution in [2.75, 3.05) is 0 Å². The Balaban J connectivity index is 2.44. The number of carbonyl (C=O) groups excluding carboxylic acids is 1. The van der Waals surface area contributed by atoms with E-state index in [0.29, 0.717) is 18.8 Å². The molecule has 0 aromatic rings. The lowest BCUT2D eigenvalue weighted by Gasteiger charge is -2.22. The number of alkyl halides is 1. The van der Waals surface area contributed by atoms with E-state index in [1.54, 1.807) is 0 Å². The predicted octanol–water partition coefficient (Wildman–Crippen LogP) is 5.52. The number of carbonyl (C=O) groups is 1. The third kappa shape index (κ3) is 7.63. The second-order valence-electron chi connectivity index (χ2n) is 7.11. The van der Waals surface area contributed by atoms with E-state index in [1.807, 2.05) is 6.92 Å². The van der Waals surface area contributed by atoms with Crippen LogP contribution in [-0.4, -0.2) is 16.6 Å². The van der Waals surface area contributed by atoms with Crippen LogP contribution in [0.5, 0.6) is 0 Å². The molecule has 1 N–H and O–H groups in total. The zero-order chi connectivity index (χ0) is 15.9. The molecule has 122 valence electrons. The van der Waals surface area contributed by atoms with Crippen molar-refractivity contribution in [1.29, 1.82) is 0 Å². The van der Waals surface area contributed by atoms with Crippen LogP contribution in [0.25, 0.3) is 0 Å². The Morgan fingerprint density at radius 2 is 1.95 bits per heavy atom. The lowest BCUT2D eigenvalue weighted by Crippen LogP contribution is -2.19. The Kier molecular flexibility index (Phi) is 7.41. The van der Waals surface area contributed by atoms with Gasteiger partial charge in [0.05, 0.1) is 5.76 Å². The van der Waals surface area contributed by atoms with Gasteiger partial charge in [0, 0.05) is 18.4 Å². The van der Waals surface area contributed by atoms with Gasteiger partial charge in [-0.3, -0.25) is 4.79 Å². The summed E-state index contributed by atoms with van der Waals surface area (Å²) in [5.74, 6) is 0.443. The molecular formula is C18H31FO2. The second-order valence-corrected chi connectivity index (χ2v) is 7.11. The van der Waals surface area contributed by atoms with Crippen LogP contribution in [0.4, 0.5) is 4.39 Å². The van der Waals surface area contributed by atoms with Gasteiger partial charge in [0.1, 0.15) is 5.67 Å². The highest BCUT2D eigenvalue weighted by atomic mass is 19.1. The van der Waals surface area contributed by atoms with Crippen molar-refractivity contribution >= 4 is 5.78 Å². The molecule has 21 heavy (non-hydrogen) atoms. The summed E-state index contributed by atoms with van der Waals surface area (Å²) in [6, 6.07) is 0. The molecule has 1 aliphatic rings. The molecule has 1 atom stereocenters. The summed E-state index contributed by atoms with van der Waals surface area (Å²) in [6.45, 7) is 4.93. The number of ketones is 1. The van der Waals surface area contributed by atoms with E-state index in [0.717, 1.165) is 6.42 Å². The van der Waals surface area contributed by atoms with Crippen LogP contribution in [0.3, 0.4) is 0 Å². The Bertz CT molecular complexity index is 349. The average Bonchev–Trinajstić information content (AvgIpc) is 2.42. The van der Waals surface area contributed by atoms with Crippen molar-refractivity contribution in [2.24, 2.45) is 11.8 Å². The largest absolute Gasteiger partial charge is 0.512 e. The van der Waals surface area contributed by atoms with E-state index in [2.05, 4.69) is 0 Å². The van der Waals surface area contributed by atoms with Crippen LogP contribution in [-0.2, 0) is 4.79 Å². The molecule has 1 rings (SSSR count). The summed E-state index contributed by atoms with van der Waals surface area (Å²) < 4.78 is 13.7. The Hall–Kier alpha value is -0.860. The lowest BCUT2D eigenvalue weighted by atomic mass is 9.85. The van der Waals surface area contributed by atoms with E-state index >= 15 is 0 Å². The Morgan fingerprint density at radius 3 is 2.48 bits per heavy atom. The number of halogens is 1. The van der Waals surface area contributed by atoms with Gasteiger partial charge in [0.15, 0.2) is 5.78 Å². The first-order valence-corrected chi connectivity index (χ1v) is 8.44. The first-order chi connectivity index (χ1) is 9.81. The topological polar surface area (TPSA) is 37.3 Å². The summed E-state index contributed by atoms with van der Waals surface area (Å²) >= 11 is 0. The number of hydrogen-bond donors (Lipinski definition) is 1. The minimum atomic E-state index is -1.33. The van der Waals surface area contributed by atoms with Crippen LogP contribution in [0.2, 0.25) is 0 Å². The predicted molar refractivity (Wildman–Crippen MR) is 85.1 cm³/mol. The van der Waals surface area contributed by atoms with Crippen LogP contribution in [0, 0.1) is 11.8 Å². The molecule has 1 fully saturated rings. The molecule has 0 heterocycles. The fraction of sp³-hybridized carbons (Fsp3) is 0.833. The smallest absolute Gasteiger partial charge is 0.159 e. The third-order valence-corrected chi connectivity index (χ3v) is 4.48. The van der Waals surface area contributed by atoms with Gasteiger partial charge in [-0.2, -0.15) is 0 Å². The average molecular weight is 298 g/mol. The molecule has 0 aromatic heterocycles. The number of rotatable bonds is 8. The van der Waals surface area contributed by atoms with Crippen molar-refractivity contribution in [3.05, 3.63) is 11.8 Å². The molecule has 0 amide bonds. The number of allylic oxidation sites excluding steroid dienone is 2. The minimum Gasteiger partial charge on any atom is -0.512 e. The summed E-state index contributed by atoms with van der Waals surface area (Å²) in [5.41, 5.74) is -1.33. The maximum absolute atomic E-state index is 13.7. The molecule has 0 radical (unpaired) electrons. The minimum absolute atomic E-state index is 0.0202. The first-order valence-electron chi connectivity index (χ1n) is 8.44. The zero-order valence-electron chi connectivity index (χ0n) is 13.8. The highest BCUT2D eigenvalue weighted by Crippen LogP contribution is 2.29. The van der Waals surface area contributed by atoms with Gasteiger partial charge < -0.3 is 5.11 Å². The summed E-state index contributed by atoms with van der Waals surface area (Å²) in [5, 5.41) is 10.1. The highest BCUT2D eigenvalue weighted by Gasteiger charge is 2.24. The monoisotopic (exact) mass is 298 g/mol. The van der Waals surface area contributed by atoms with E-state index < -0.39 is 5.67 Å². The molecule has 0 aromatic carbocycles. The van der Waals surface area contributed by atoms with Gasteiger partial charge in [0.25, 0.3) is 0 Å². The van der Waals surface area contributed by atoms with Crippen molar-refractivity contribution in [1.82, 2.24) is 0 Å². The summed E-state index contributed by atoms with van der Waals surface area (Å²) in [7, 11) is 0. The third-order valence-electron chi connectivity index (χ3n) is 4.48. The Morgan fingerprint density at radius 1 is 1.33 bits per heavy atom. The molecule has 3 heteroatoms. The molecule has 0 aliphatic heterocycles. The Labute approximate surface area is 128 Å². The van der Waals surface area contributed by atoms with Crippen molar-refractivity contribution in [2.45, 2.75) is 84.2 Å². The maximum atomic E-state index is 13.7. The van der Waals surface area contributed by atoms with Crippen LogP contribution in [0.15, 0.2) is 11.8 Å². The molecule has 2 nitrogen and oxygen atoms in total. The zero-order valence-corrected chi connectivity index (χ0v) is 13.8. The van der Waals surface area contributed by atoms with E-state index in [-0.39, 0.29) is 23.9 Å². The van der Waals surface area contributed by atoms with Gasteiger partial charge in [-0.1, -0.05) is 39.0 Å². The fourth-order valence-corrected chi connectivity index (χ4v) is 3.22. The lowest BCUT2D eigenvalue weighted by molar-refractivity contribution is -0.115.